The van der Waals surface area contributed by atoms with E-state index in [4.69, 9.17) is 5.73 Å². The summed E-state index contributed by atoms with van der Waals surface area (Å²) >= 11 is 0. The molecular weight excluding hydrogens is 215 g/mol. The Kier molecular flexibility index (Phi) is 3.33. The molecule has 2 N–H and O–H groups in total. The molecule has 0 aliphatic heterocycles. The molecule has 0 saturated heterocycles. The van der Waals surface area contributed by atoms with Gasteiger partial charge in [0.25, 0.3) is 0 Å². The van der Waals surface area contributed by atoms with Crippen LogP contribution in [0.2, 0.25) is 0 Å². The molecule has 1 aromatic rings. The number of nitrogens with two attached hydrogens (primary N) is 1. The smallest absolute Gasteiger partial charge is 0.324 e. The van der Waals surface area contributed by atoms with Crippen LogP contribution in [0.25, 0.3) is 0 Å². The average Bonchev–Trinajstić information content (AvgIpc) is 2.14. The SMILES string of the molecule is CC(C)(C)[C@H](N)c1cccc(C(F)(F)F)c1. The van der Waals surface area contributed by atoms with Gasteiger partial charge in [0.2, 0.25) is 0 Å². The van der Waals surface area contributed by atoms with Gasteiger partial charge in [-0.25, -0.2) is 0 Å². The number of alkyl halides is 3. The molecule has 0 fully saturated rings. The topological polar surface area (TPSA) is 26.0 Å². The largest absolute Gasteiger partial charge is 0.416 e. The van der Waals surface area contributed by atoms with Crippen molar-refractivity contribution >= 4 is 0 Å². The van der Waals surface area contributed by atoms with Crippen LogP contribution < -0.4 is 5.73 Å². The summed E-state index contributed by atoms with van der Waals surface area (Å²) in [5.41, 5.74) is 5.52. The van der Waals surface area contributed by atoms with Gasteiger partial charge in [-0.3, -0.25) is 0 Å². The average molecular weight is 231 g/mol. The summed E-state index contributed by atoms with van der Waals surface area (Å²) in [6.07, 6.45) is -4.31. The van der Waals surface area contributed by atoms with E-state index in [1.54, 1.807) is 6.07 Å². The molecule has 0 aliphatic rings. The van der Waals surface area contributed by atoms with E-state index in [1.807, 2.05) is 20.8 Å². The molecule has 0 aliphatic carbocycles. The second kappa shape index (κ2) is 4.09. The number of hydrogen-bond acceptors (Lipinski definition) is 1. The van der Waals surface area contributed by atoms with Crippen LogP contribution in [0.5, 0.6) is 0 Å². The van der Waals surface area contributed by atoms with E-state index < -0.39 is 17.8 Å². The predicted molar refractivity (Wildman–Crippen MR) is 57.8 cm³/mol. The molecule has 0 radical (unpaired) electrons. The highest BCUT2D eigenvalue weighted by Gasteiger charge is 2.31. The van der Waals surface area contributed by atoms with Crippen molar-refractivity contribution in [2.75, 3.05) is 0 Å². The lowest BCUT2D eigenvalue weighted by molar-refractivity contribution is -0.137. The number of hydrogen-bond donors (Lipinski definition) is 1. The Morgan fingerprint density at radius 3 is 2.12 bits per heavy atom. The Morgan fingerprint density at radius 2 is 1.69 bits per heavy atom. The maximum atomic E-state index is 12.5. The zero-order valence-corrected chi connectivity index (χ0v) is 9.60. The Labute approximate surface area is 93.5 Å². The minimum absolute atomic E-state index is 0.260. The van der Waals surface area contributed by atoms with Crippen molar-refractivity contribution in [3.8, 4) is 0 Å². The van der Waals surface area contributed by atoms with Crippen molar-refractivity contribution in [2.45, 2.75) is 33.0 Å². The third-order valence-corrected chi connectivity index (χ3v) is 2.51. The highest BCUT2D eigenvalue weighted by atomic mass is 19.4. The molecule has 0 amide bonds. The van der Waals surface area contributed by atoms with Crippen LogP contribution in [0.15, 0.2) is 24.3 Å². The van der Waals surface area contributed by atoms with E-state index in [1.165, 1.54) is 6.07 Å². The number of rotatable bonds is 1. The molecule has 0 unspecified atom stereocenters. The molecule has 1 atom stereocenters. The molecule has 1 nitrogen and oxygen atoms in total. The van der Waals surface area contributed by atoms with Gasteiger partial charge in [0.15, 0.2) is 0 Å². The van der Waals surface area contributed by atoms with E-state index in [-0.39, 0.29) is 5.41 Å². The second-order valence-electron chi connectivity index (χ2n) is 4.97. The molecule has 1 rings (SSSR count). The third-order valence-electron chi connectivity index (χ3n) is 2.51. The van der Waals surface area contributed by atoms with Crippen molar-refractivity contribution in [1.82, 2.24) is 0 Å². The van der Waals surface area contributed by atoms with Crippen molar-refractivity contribution in [2.24, 2.45) is 11.1 Å². The zero-order chi connectivity index (χ0) is 12.6. The van der Waals surface area contributed by atoms with Gasteiger partial charge in [0.1, 0.15) is 0 Å². The van der Waals surface area contributed by atoms with Crippen LogP contribution in [-0.4, -0.2) is 0 Å². The van der Waals surface area contributed by atoms with Crippen molar-refractivity contribution < 1.29 is 13.2 Å². The molecule has 0 saturated carbocycles. The van der Waals surface area contributed by atoms with Gasteiger partial charge in [0.05, 0.1) is 5.56 Å². The zero-order valence-electron chi connectivity index (χ0n) is 9.60. The summed E-state index contributed by atoms with van der Waals surface area (Å²) in [4.78, 5) is 0. The van der Waals surface area contributed by atoms with E-state index >= 15 is 0 Å². The van der Waals surface area contributed by atoms with Crippen LogP contribution in [0.4, 0.5) is 13.2 Å². The van der Waals surface area contributed by atoms with E-state index in [2.05, 4.69) is 0 Å². The van der Waals surface area contributed by atoms with Gasteiger partial charge in [0, 0.05) is 6.04 Å². The molecule has 1 aromatic carbocycles. The van der Waals surface area contributed by atoms with Crippen LogP contribution in [0.3, 0.4) is 0 Å². The van der Waals surface area contributed by atoms with Gasteiger partial charge >= 0.3 is 6.18 Å². The molecule has 0 aromatic heterocycles. The first-order valence-electron chi connectivity index (χ1n) is 5.05. The number of halogens is 3. The lowest BCUT2D eigenvalue weighted by atomic mass is 9.83. The van der Waals surface area contributed by atoms with E-state index in [0.717, 1.165) is 12.1 Å². The molecule has 90 valence electrons. The first-order chi connectivity index (χ1) is 7.12. The number of benzene rings is 1. The Bertz CT molecular complexity index is 363. The lowest BCUT2D eigenvalue weighted by Crippen LogP contribution is -2.26. The van der Waals surface area contributed by atoms with E-state index in [0.29, 0.717) is 5.56 Å². The van der Waals surface area contributed by atoms with Crippen LogP contribution >= 0.6 is 0 Å². The quantitative estimate of drug-likeness (QED) is 0.782. The summed E-state index contributed by atoms with van der Waals surface area (Å²) < 4.78 is 37.5. The summed E-state index contributed by atoms with van der Waals surface area (Å²) in [5.74, 6) is 0. The first-order valence-corrected chi connectivity index (χ1v) is 5.05. The van der Waals surface area contributed by atoms with Crippen LogP contribution in [-0.2, 0) is 6.18 Å². The van der Waals surface area contributed by atoms with Crippen LogP contribution in [0.1, 0.15) is 37.9 Å². The van der Waals surface area contributed by atoms with Gasteiger partial charge < -0.3 is 5.73 Å². The molecular formula is C12H16F3N. The first kappa shape index (κ1) is 13.0. The molecule has 16 heavy (non-hydrogen) atoms. The monoisotopic (exact) mass is 231 g/mol. The second-order valence-corrected chi connectivity index (χ2v) is 4.97. The van der Waals surface area contributed by atoms with Crippen molar-refractivity contribution in [3.05, 3.63) is 35.4 Å². The van der Waals surface area contributed by atoms with Gasteiger partial charge in [-0.1, -0.05) is 32.9 Å². The molecule has 4 heteroatoms. The van der Waals surface area contributed by atoms with Crippen molar-refractivity contribution in [3.63, 3.8) is 0 Å². The highest BCUT2D eigenvalue weighted by Crippen LogP contribution is 2.34. The van der Waals surface area contributed by atoms with Gasteiger partial charge in [-0.15, -0.1) is 0 Å². The summed E-state index contributed by atoms with van der Waals surface area (Å²) in [7, 11) is 0. The fraction of sp³-hybridized carbons (Fsp3) is 0.500. The minimum atomic E-state index is -4.31. The molecule has 0 spiro atoms. The van der Waals surface area contributed by atoms with Gasteiger partial charge in [-0.05, 0) is 23.1 Å². The Hall–Kier alpha value is -1.03. The van der Waals surface area contributed by atoms with E-state index in [9.17, 15) is 13.2 Å². The summed E-state index contributed by atoms with van der Waals surface area (Å²) in [6, 6.07) is 4.79. The fourth-order valence-electron chi connectivity index (χ4n) is 1.41. The Balaban J connectivity index is 3.09. The minimum Gasteiger partial charge on any atom is -0.324 e. The molecule has 0 bridgehead atoms. The van der Waals surface area contributed by atoms with Crippen molar-refractivity contribution in [1.29, 1.82) is 0 Å². The highest BCUT2D eigenvalue weighted by molar-refractivity contribution is 5.28. The predicted octanol–water partition coefficient (Wildman–Crippen LogP) is 3.75. The van der Waals surface area contributed by atoms with Crippen LogP contribution in [0, 0.1) is 5.41 Å². The maximum absolute atomic E-state index is 12.5. The summed E-state index contributed by atoms with van der Waals surface area (Å²) in [5, 5.41) is 0. The normalized spacial score (nSPS) is 14.9. The molecule has 0 heterocycles. The fourth-order valence-corrected chi connectivity index (χ4v) is 1.41. The van der Waals surface area contributed by atoms with Gasteiger partial charge in [-0.2, -0.15) is 13.2 Å². The Morgan fingerprint density at radius 1 is 1.12 bits per heavy atom. The lowest BCUT2D eigenvalue weighted by Gasteiger charge is -2.27. The third kappa shape index (κ3) is 2.98. The standard InChI is InChI=1S/C12H16F3N/c1-11(2,3)10(16)8-5-4-6-9(7-8)12(13,14)15/h4-7,10H,16H2,1-3H3/t10-/m1/s1. The summed E-state index contributed by atoms with van der Waals surface area (Å²) in [6.45, 7) is 5.70. The maximum Gasteiger partial charge on any atom is 0.416 e.